The molecule has 12 nitrogen and oxygen atoms in total. The molecule has 48 heavy (non-hydrogen) atoms. The first-order valence-corrected chi connectivity index (χ1v) is 15.3. The molecule has 0 spiro atoms. The Balaban J connectivity index is 1.33. The summed E-state index contributed by atoms with van der Waals surface area (Å²) in [6, 6.07) is 14.8. The van der Waals surface area contributed by atoms with Gasteiger partial charge in [-0.3, -0.25) is 4.79 Å². The van der Waals surface area contributed by atoms with E-state index in [0.717, 1.165) is 0 Å². The van der Waals surface area contributed by atoms with Crippen LogP contribution in [0.15, 0.2) is 76.1 Å². The highest BCUT2D eigenvalue weighted by Gasteiger charge is 2.27. The highest BCUT2D eigenvalue weighted by Crippen LogP contribution is 2.34. The summed E-state index contributed by atoms with van der Waals surface area (Å²) in [7, 11) is 0. The van der Waals surface area contributed by atoms with E-state index in [2.05, 4.69) is 5.32 Å². The molecule has 3 aromatic carbocycles. The summed E-state index contributed by atoms with van der Waals surface area (Å²) in [6.45, 7) is 11.1. The number of ether oxygens (including phenoxy) is 6. The molecule has 1 aromatic heterocycles. The number of esters is 1. The molecule has 0 aliphatic carbocycles. The fraction of sp³-hybridized carbons (Fsp3) is 0.333. The lowest BCUT2D eigenvalue weighted by molar-refractivity contribution is -0.136. The van der Waals surface area contributed by atoms with Crippen LogP contribution in [0.3, 0.4) is 0 Å². The second-order valence-electron chi connectivity index (χ2n) is 13.0. The summed E-state index contributed by atoms with van der Waals surface area (Å²) in [6.07, 6.45) is -0.309. The Morgan fingerprint density at radius 1 is 0.792 bits per heavy atom. The van der Waals surface area contributed by atoms with Gasteiger partial charge in [0.05, 0.1) is 10.9 Å². The Morgan fingerprint density at radius 3 is 2.15 bits per heavy atom. The highest BCUT2D eigenvalue weighted by atomic mass is 16.7. The largest absolute Gasteiger partial charge is 0.514 e. The summed E-state index contributed by atoms with van der Waals surface area (Å²) in [5, 5.41) is 2.85. The molecule has 5 rings (SSSR count). The number of nitrogens with one attached hydrogen (secondary N) is 1. The SMILES string of the molecule is CC(C)(C)OC(=O)NC(Cc1ccc(OC(=O)OC(C)(C)C)cc1)C(=O)Oc1ccc2c(=O)c(-c3ccc4c(c3)OCCO4)coc2c1. The molecule has 0 saturated carbocycles. The number of hydrogen-bond donors (Lipinski definition) is 1. The van der Waals surface area contributed by atoms with Gasteiger partial charge in [0, 0.05) is 12.5 Å². The lowest BCUT2D eigenvalue weighted by Gasteiger charge is -2.23. The molecule has 1 aliphatic rings. The molecule has 252 valence electrons. The van der Waals surface area contributed by atoms with E-state index in [9.17, 15) is 19.2 Å². The van der Waals surface area contributed by atoms with Crippen LogP contribution in [-0.2, 0) is 20.7 Å². The number of carbonyl (C=O) groups excluding carboxylic acids is 3. The number of hydrogen-bond acceptors (Lipinski definition) is 11. The Hall–Kier alpha value is -5.52. The van der Waals surface area contributed by atoms with E-state index in [1.807, 2.05) is 0 Å². The number of rotatable bonds is 7. The number of benzene rings is 3. The smallest absolute Gasteiger partial charge is 0.486 e. The molecule has 1 aliphatic heterocycles. The van der Waals surface area contributed by atoms with E-state index in [1.165, 1.54) is 24.5 Å². The van der Waals surface area contributed by atoms with Gasteiger partial charge in [0.1, 0.15) is 53.8 Å². The van der Waals surface area contributed by atoms with Crippen molar-refractivity contribution >= 4 is 29.2 Å². The van der Waals surface area contributed by atoms with Gasteiger partial charge in [0.15, 0.2) is 16.9 Å². The summed E-state index contributed by atoms with van der Waals surface area (Å²) in [4.78, 5) is 51.5. The molecule has 0 saturated heterocycles. The zero-order valence-electron chi connectivity index (χ0n) is 27.5. The van der Waals surface area contributed by atoms with Crippen molar-refractivity contribution in [1.29, 1.82) is 0 Å². The molecule has 1 unspecified atom stereocenters. The Bertz CT molecular complexity index is 1880. The van der Waals surface area contributed by atoms with Crippen LogP contribution in [0.4, 0.5) is 9.59 Å². The second kappa shape index (κ2) is 13.7. The first kappa shape index (κ1) is 33.8. The standard InChI is InChI=1S/C36H37NO11/c1-35(2,3)47-33(40)37-27(17-21-7-10-23(11-8-21)46-34(41)48-36(4,5)6)32(39)45-24-12-13-25-29(19-24)44-20-26(31(25)38)22-9-14-28-30(18-22)43-16-15-42-28/h7-14,18-20,27H,15-17H2,1-6H3,(H,37,40). The molecule has 1 atom stereocenters. The molecular formula is C36H37NO11. The lowest BCUT2D eigenvalue weighted by Crippen LogP contribution is -2.46. The Kier molecular flexibility index (Phi) is 9.64. The van der Waals surface area contributed by atoms with E-state index < -0.39 is 35.5 Å². The van der Waals surface area contributed by atoms with Gasteiger partial charge >= 0.3 is 18.2 Å². The molecule has 4 aromatic rings. The molecular weight excluding hydrogens is 622 g/mol. The highest BCUT2D eigenvalue weighted by molar-refractivity contribution is 5.86. The maximum absolute atomic E-state index is 13.4. The van der Waals surface area contributed by atoms with Crippen LogP contribution < -0.4 is 29.7 Å². The fourth-order valence-corrected chi connectivity index (χ4v) is 4.71. The summed E-state index contributed by atoms with van der Waals surface area (Å²) >= 11 is 0. The van der Waals surface area contributed by atoms with E-state index >= 15 is 0 Å². The summed E-state index contributed by atoms with van der Waals surface area (Å²) in [5.41, 5.74) is -0.0584. The second-order valence-corrected chi connectivity index (χ2v) is 13.0. The van der Waals surface area contributed by atoms with Crippen LogP contribution in [-0.4, -0.2) is 48.7 Å². The minimum absolute atomic E-state index is 0.0202. The molecule has 2 heterocycles. The molecule has 0 bridgehead atoms. The molecule has 1 N–H and O–H groups in total. The first-order chi connectivity index (χ1) is 22.6. The van der Waals surface area contributed by atoms with Gasteiger partial charge in [-0.05, 0) is 89.1 Å². The van der Waals surface area contributed by atoms with Crippen LogP contribution in [0.1, 0.15) is 47.1 Å². The fourth-order valence-electron chi connectivity index (χ4n) is 4.71. The first-order valence-electron chi connectivity index (χ1n) is 15.3. The van der Waals surface area contributed by atoms with E-state index in [4.69, 9.17) is 32.8 Å². The minimum atomic E-state index is -1.17. The number of alkyl carbamates (subject to hydrolysis) is 1. The maximum Gasteiger partial charge on any atom is 0.514 e. The third-order valence-corrected chi connectivity index (χ3v) is 6.75. The predicted octanol–water partition coefficient (Wildman–Crippen LogP) is 6.59. The van der Waals surface area contributed by atoms with Crippen LogP contribution >= 0.6 is 0 Å². The summed E-state index contributed by atoms with van der Waals surface area (Å²) in [5.74, 6) is 0.692. The normalized spacial score (nSPS) is 13.3. The minimum Gasteiger partial charge on any atom is -0.486 e. The third-order valence-electron chi connectivity index (χ3n) is 6.75. The van der Waals surface area contributed by atoms with Crippen molar-refractivity contribution in [1.82, 2.24) is 5.32 Å². The van der Waals surface area contributed by atoms with Crippen molar-refractivity contribution in [3.8, 4) is 34.1 Å². The van der Waals surface area contributed by atoms with Crippen molar-refractivity contribution in [3.63, 3.8) is 0 Å². The van der Waals surface area contributed by atoms with E-state index in [1.54, 1.807) is 84.0 Å². The van der Waals surface area contributed by atoms with Crippen molar-refractivity contribution in [2.75, 3.05) is 13.2 Å². The Labute approximate surface area is 276 Å². The maximum atomic E-state index is 13.4. The molecule has 1 amide bonds. The number of fused-ring (bicyclic) bond motifs is 2. The van der Waals surface area contributed by atoms with Gasteiger partial charge in [0.25, 0.3) is 0 Å². The van der Waals surface area contributed by atoms with E-state index in [-0.39, 0.29) is 34.3 Å². The van der Waals surface area contributed by atoms with Gasteiger partial charge in [-0.25, -0.2) is 14.4 Å². The van der Waals surface area contributed by atoms with Gasteiger partial charge in [0.2, 0.25) is 0 Å². The summed E-state index contributed by atoms with van der Waals surface area (Å²) < 4.78 is 38.4. The topological polar surface area (TPSA) is 149 Å². The average molecular weight is 660 g/mol. The van der Waals surface area contributed by atoms with Crippen LogP contribution in [0.5, 0.6) is 23.0 Å². The third kappa shape index (κ3) is 8.84. The quantitative estimate of drug-likeness (QED) is 0.130. The van der Waals surface area contributed by atoms with Crippen LogP contribution in [0.2, 0.25) is 0 Å². The van der Waals surface area contributed by atoms with Crippen LogP contribution in [0, 0.1) is 0 Å². The molecule has 0 fully saturated rings. The zero-order valence-corrected chi connectivity index (χ0v) is 27.5. The predicted molar refractivity (Wildman–Crippen MR) is 175 cm³/mol. The van der Waals surface area contributed by atoms with Gasteiger partial charge in [-0.15, -0.1) is 0 Å². The lowest BCUT2D eigenvalue weighted by atomic mass is 10.0. The molecule has 12 heteroatoms. The van der Waals surface area contributed by atoms with Crippen molar-refractivity contribution in [3.05, 3.63) is 82.7 Å². The zero-order chi connectivity index (χ0) is 34.6. The van der Waals surface area contributed by atoms with Gasteiger partial charge < -0.3 is 38.2 Å². The molecule has 0 radical (unpaired) electrons. The van der Waals surface area contributed by atoms with Gasteiger partial charge in [-0.2, -0.15) is 0 Å². The monoisotopic (exact) mass is 659 g/mol. The van der Waals surface area contributed by atoms with E-state index in [0.29, 0.717) is 41.4 Å². The number of carbonyl (C=O) groups is 3. The van der Waals surface area contributed by atoms with Crippen molar-refractivity contribution in [2.45, 2.75) is 65.2 Å². The average Bonchev–Trinajstić information content (AvgIpc) is 3.00. The van der Waals surface area contributed by atoms with Crippen molar-refractivity contribution < 1.29 is 47.2 Å². The number of amides is 1. The van der Waals surface area contributed by atoms with Gasteiger partial charge in [-0.1, -0.05) is 18.2 Å². The Morgan fingerprint density at radius 2 is 1.46 bits per heavy atom. The van der Waals surface area contributed by atoms with Crippen LogP contribution in [0.25, 0.3) is 22.1 Å². The van der Waals surface area contributed by atoms with Crippen molar-refractivity contribution in [2.24, 2.45) is 0 Å².